The van der Waals surface area contributed by atoms with Gasteiger partial charge in [-0.2, -0.15) is 0 Å². The smallest absolute Gasteiger partial charge is 0.323 e. The van der Waals surface area contributed by atoms with Crippen LogP contribution in [0.2, 0.25) is 0 Å². The van der Waals surface area contributed by atoms with Gasteiger partial charge < -0.3 is 25.0 Å². The molecule has 2 aromatic carbocycles. The Balaban J connectivity index is 1.77. The minimum atomic E-state index is -0.665. The lowest BCUT2D eigenvalue weighted by molar-refractivity contribution is -0.127. The number of urea groups is 1. The molecule has 0 saturated heterocycles. The van der Waals surface area contributed by atoms with Gasteiger partial charge in [0, 0.05) is 24.0 Å². The zero-order chi connectivity index (χ0) is 21.0. The van der Waals surface area contributed by atoms with Crippen molar-refractivity contribution in [3.05, 3.63) is 55.1 Å². The van der Waals surface area contributed by atoms with E-state index < -0.39 is 5.41 Å². The van der Waals surface area contributed by atoms with Crippen molar-refractivity contribution in [3.63, 3.8) is 0 Å². The molecule has 0 spiro atoms. The molecule has 1 aliphatic rings. The van der Waals surface area contributed by atoms with Crippen molar-refractivity contribution >= 4 is 29.0 Å². The van der Waals surface area contributed by atoms with Gasteiger partial charge in [0.2, 0.25) is 5.91 Å². The lowest BCUT2D eigenvalue weighted by Crippen LogP contribution is -2.42. The van der Waals surface area contributed by atoms with Crippen molar-refractivity contribution in [1.29, 1.82) is 0 Å². The number of benzene rings is 2. The van der Waals surface area contributed by atoms with E-state index >= 15 is 0 Å². The summed E-state index contributed by atoms with van der Waals surface area (Å²) in [5, 5.41) is 5.54. The van der Waals surface area contributed by atoms with E-state index in [0.29, 0.717) is 35.1 Å². The lowest BCUT2D eigenvalue weighted by Gasteiger charge is -2.27. The van der Waals surface area contributed by atoms with Crippen LogP contribution in [0, 0.1) is 5.41 Å². The molecular weight excluding hydrogens is 370 g/mol. The normalized spacial score (nSPS) is 14.9. The maximum Gasteiger partial charge on any atom is 0.323 e. The molecule has 0 bridgehead atoms. The molecule has 0 atom stereocenters. The standard InChI is InChI=1S/C22H25N3O4/c1-5-12-25-18-11-8-16(13-19(18)29-14-22(2,3)20(25)26)24-21(27)23-15-6-9-17(28-4)10-7-15/h5-11,13H,1,12,14H2,2-4H3,(H2,23,24,27). The third-order valence-electron chi connectivity index (χ3n) is 4.58. The van der Waals surface area contributed by atoms with Gasteiger partial charge in [-0.25, -0.2) is 4.79 Å². The Bertz CT molecular complexity index is 922. The third-order valence-corrected chi connectivity index (χ3v) is 4.58. The first kappa shape index (κ1) is 20.3. The van der Waals surface area contributed by atoms with E-state index in [0.717, 1.165) is 0 Å². The molecule has 7 heteroatoms. The van der Waals surface area contributed by atoms with Crippen LogP contribution in [-0.4, -0.2) is 32.2 Å². The fourth-order valence-electron chi connectivity index (χ4n) is 3.00. The summed E-state index contributed by atoms with van der Waals surface area (Å²) in [4.78, 5) is 26.8. The van der Waals surface area contributed by atoms with Crippen molar-refractivity contribution in [2.75, 3.05) is 35.8 Å². The first-order chi connectivity index (χ1) is 13.8. The van der Waals surface area contributed by atoms with Gasteiger partial charge >= 0.3 is 6.03 Å². The molecule has 0 fully saturated rings. The van der Waals surface area contributed by atoms with Crippen LogP contribution >= 0.6 is 0 Å². The molecule has 0 unspecified atom stereocenters. The Morgan fingerprint density at radius 3 is 2.52 bits per heavy atom. The topological polar surface area (TPSA) is 79.9 Å². The first-order valence-corrected chi connectivity index (χ1v) is 9.26. The average molecular weight is 395 g/mol. The highest BCUT2D eigenvalue weighted by atomic mass is 16.5. The summed E-state index contributed by atoms with van der Waals surface area (Å²) in [6.45, 7) is 8.05. The van der Waals surface area contributed by atoms with Crippen LogP contribution in [0.4, 0.5) is 21.9 Å². The monoisotopic (exact) mass is 395 g/mol. The van der Waals surface area contributed by atoms with Crippen LogP contribution in [0.1, 0.15) is 13.8 Å². The molecule has 3 amide bonds. The summed E-state index contributed by atoms with van der Waals surface area (Å²) in [6.07, 6.45) is 1.68. The van der Waals surface area contributed by atoms with E-state index in [1.165, 1.54) is 0 Å². The van der Waals surface area contributed by atoms with E-state index in [1.54, 1.807) is 60.6 Å². The molecule has 3 rings (SSSR count). The fraction of sp³-hybridized carbons (Fsp3) is 0.273. The van der Waals surface area contributed by atoms with Gasteiger partial charge in [-0.15, -0.1) is 6.58 Å². The number of anilines is 3. The number of hydrogen-bond donors (Lipinski definition) is 2. The number of hydrogen-bond acceptors (Lipinski definition) is 4. The molecule has 152 valence electrons. The van der Waals surface area contributed by atoms with Gasteiger partial charge in [0.15, 0.2) is 0 Å². The highest BCUT2D eigenvalue weighted by Gasteiger charge is 2.37. The zero-order valence-electron chi connectivity index (χ0n) is 16.8. The van der Waals surface area contributed by atoms with E-state index in [-0.39, 0.29) is 18.5 Å². The molecular formula is C22H25N3O4. The van der Waals surface area contributed by atoms with Crippen LogP contribution in [0.25, 0.3) is 0 Å². The lowest BCUT2D eigenvalue weighted by atomic mass is 9.93. The molecule has 0 radical (unpaired) electrons. The third kappa shape index (κ3) is 4.51. The summed E-state index contributed by atoms with van der Waals surface area (Å²) in [6, 6.07) is 11.9. The number of rotatable bonds is 5. The minimum absolute atomic E-state index is 0.0332. The molecule has 2 aromatic rings. The summed E-state index contributed by atoms with van der Waals surface area (Å²) >= 11 is 0. The highest BCUT2D eigenvalue weighted by molar-refractivity contribution is 6.02. The second-order valence-corrected chi connectivity index (χ2v) is 7.37. The van der Waals surface area contributed by atoms with Gasteiger partial charge in [0.25, 0.3) is 0 Å². The van der Waals surface area contributed by atoms with Gasteiger partial charge in [-0.3, -0.25) is 4.79 Å². The Morgan fingerprint density at radius 1 is 1.21 bits per heavy atom. The number of nitrogens with zero attached hydrogens (tertiary/aromatic N) is 1. The minimum Gasteiger partial charge on any atom is -0.497 e. The van der Waals surface area contributed by atoms with Crippen LogP contribution < -0.4 is 25.0 Å². The molecule has 7 nitrogen and oxygen atoms in total. The summed E-state index contributed by atoms with van der Waals surface area (Å²) in [5.41, 5.74) is 1.18. The summed E-state index contributed by atoms with van der Waals surface area (Å²) in [5.74, 6) is 1.21. The van der Waals surface area contributed by atoms with E-state index in [2.05, 4.69) is 17.2 Å². The van der Waals surface area contributed by atoms with Crippen LogP contribution in [0.15, 0.2) is 55.1 Å². The molecule has 0 aliphatic carbocycles. The predicted molar refractivity (Wildman–Crippen MR) is 114 cm³/mol. The molecule has 0 saturated carbocycles. The fourth-order valence-corrected chi connectivity index (χ4v) is 3.00. The van der Waals surface area contributed by atoms with Gasteiger partial charge in [0.1, 0.15) is 18.1 Å². The van der Waals surface area contributed by atoms with E-state index in [1.807, 2.05) is 13.8 Å². The molecule has 1 heterocycles. The number of ether oxygens (including phenoxy) is 2. The Hall–Kier alpha value is -3.48. The van der Waals surface area contributed by atoms with Crippen LogP contribution in [0.3, 0.4) is 0 Å². The van der Waals surface area contributed by atoms with Crippen LogP contribution in [-0.2, 0) is 4.79 Å². The zero-order valence-corrected chi connectivity index (χ0v) is 16.8. The number of carbonyl (C=O) groups excluding carboxylic acids is 2. The van der Waals surface area contributed by atoms with Gasteiger partial charge in [-0.1, -0.05) is 6.08 Å². The van der Waals surface area contributed by atoms with Crippen molar-refractivity contribution in [2.45, 2.75) is 13.8 Å². The highest BCUT2D eigenvalue weighted by Crippen LogP contribution is 2.38. The summed E-state index contributed by atoms with van der Waals surface area (Å²) in [7, 11) is 1.58. The van der Waals surface area contributed by atoms with Gasteiger partial charge in [0.05, 0.1) is 18.2 Å². The maximum absolute atomic E-state index is 12.8. The van der Waals surface area contributed by atoms with E-state index in [9.17, 15) is 9.59 Å². The van der Waals surface area contributed by atoms with Crippen LogP contribution in [0.5, 0.6) is 11.5 Å². The molecule has 29 heavy (non-hydrogen) atoms. The Morgan fingerprint density at radius 2 is 1.86 bits per heavy atom. The number of amides is 3. The number of methoxy groups -OCH3 is 1. The van der Waals surface area contributed by atoms with Crippen molar-refractivity contribution in [3.8, 4) is 11.5 Å². The Kier molecular flexibility index (Phi) is 5.77. The molecule has 0 aromatic heterocycles. The van der Waals surface area contributed by atoms with Gasteiger partial charge in [-0.05, 0) is 50.2 Å². The molecule has 2 N–H and O–H groups in total. The first-order valence-electron chi connectivity index (χ1n) is 9.26. The summed E-state index contributed by atoms with van der Waals surface area (Å²) < 4.78 is 11.0. The predicted octanol–water partition coefficient (Wildman–Crippen LogP) is 4.28. The second kappa shape index (κ2) is 8.26. The maximum atomic E-state index is 12.8. The SMILES string of the molecule is C=CCN1C(=O)C(C)(C)COc2cc(NC(=O)Nc3ccc(OC)cc3)ccc21. The quantitative estimate of drug-likeness (QED) is 0.741. The number of nitrogens with one attached hydrogen (secondary N) is 2. The average Bonchev–Trinajstić information content (AvgIpc) is 2.79. The Labute approximate surface area is 170 Å². The number of carbonyl (C=O) groups is 2. The largest absolute Gasteiger partial charge is 0.497 e. The van der Waals surface area contributed by atoms with Crippen molar-refractivity contribution < 1.29 is 19.1 Å². The second-order valence-electron chi connectivity index (χ2n) is 7.37. The number of fused-ring (bicyclic) bond motifs is 1. The van der Waals surface area contributed by atoms with E-state index in [4.69, 9.17) is 9.47 Å². The van der Waals surface area contributed by atoms with Crippen molar-refractivity contribution in [1.82, 2.24) is 0 Å². The molecule has 1 aliphatic heterocycles. The van der Waals surface area contributed by atoms with Crippen molar-refractivity contribution in [2.24, 2.45) is 5.41 Å².